The van der Waals surface area contributed by atoms with E-state index in [4.69, 9.17) is 10.1 Å². The molecule has 1 aliphatic carbocycles. The molecule has 31 heavy (non-hydrogen) atoms. The molecule has 3 aromatic rings. The van der Waals surface area contributed by atoms with E-state index in [0.29, 0.717) is 22.5 Å². The molecule has 3 N–H and O–H groups in total. The molecule has 0 aromatic carbocycles. The Labute approximate surface area is 174 Å². The average molecular weight is 425 g/mol. The highest BCUT2D eigenvalue weighted by Gasteiger charge is 2.20. The SMILES string of the molecule is CN/C=C1/C=C(n2nc3ccc(OCC(F)F)nc3c(-c3ccn[nH]3)c2=O)C=CC1=N. The van der Waals surface area contributed by atoms with Crippen LogP contribution in [0.15, 0.2) is 59.2 Å². The van der Waals surface area contributed by atoms with Crippen molar-refractivity contribution in [2.45, 2.75) is 6.43 Å². The Morgan fingerprint density at radius 1 is 1.32 bits per heavy atom. The number of ether oxygens (including phenoxy) is 1. The molecular weight excluding hydrogens is 408 g/mol. The lowest BCUT2D eigenvalue weighted by atomic mass is 10.0. The largest absolute Gasteiger partial charge is 0.472 e. The van der Waals surface area contributed by atoms with Gasteiger partial charge in [0.15, 0.2) is 6.61 Å². The second-order valence-electron chi connectivity index (χ2n) is 6.49. The van der Waals surface area contributed by atoms with Crippen LogP contribution in [0.1, 0.15) is 0 Å². The second kappa shape index (κ2) is 8.30. The topological polar surface area (TPSA) is 122 Å². The lowest BCUT2D eigenvalue weighted by Gasteiger charge is -2.14. The molecule has 3 aromatic heterocycles. The maximum atomic E-state index is 13.4. The fourth-order valence-corrected chi connectivity index (χ4v) is 3.06. The summed E-state index contributed by atoms with van der Waals surface area (Å²) in [5, 5.41) is 21.9. The zero-order valence-corrected chi connectivity index (χ0v) is 16.3. The Morgan fingerprint density at radius 3 is 2.87 bits per heavy atom. The third-order valence-electron chi connectivity index (χ3n) is 4.41. The Kier molecular flexibility index (Phi) is 5.39. The van der Waals surface area contributed by atoms with Crippen LogP contribution in [-0.2, 0) is 0 Å². The first-order chi connectivity index (χ1) is 15.0. The van der Waals surface area contributed by atoms with E-state index in [-0.39, 0.29) is 22.7 Å². The number of aromatic amines is 1. The fourth-order valence-electron chi connectivity index (χ4n) is 3.06. The summed E-state index contributed by atoms with van der Waals surface area (Å²) in [5.74, 6) is -0.0445. The van der Waals surface area contributed by atoms with Crippen LogP contribution in [0.2, 0.25) is 0 Å². The summed E-state index contributed by atoms with van der Waals surface area (Å²) in [6, 6.07) is 4.55. The normalized spacial score (nSPS) is 15.0. The quantitative estimate of drug-likeness (QED) is 0.557. The summed E-state index contributed by atoms with van der Waals surface area (Å²) < 4.78 is 31.2. The molecule has 158 valence electrons. The molecule has 0 aliphatic heterocycles. The van der Waals surface area contributed by atoms with Crippen LogP contribution in [0.25, 0.3) is 28.0 Å². The van der Waals surface area contributed by atoms with Crippen LogP contribution in [0.4, 0.5) is 8.78 Å². The number of fused-ring (bicyclic) bond motifs is 1. The Bertz CT molecular complexity index is 1290. The minimum atomic E-state index is -2.65. The van der Waals surface area contributed by atoms with Crippen LogP contribution in [-0.4, -0.2) is 50.8 Å². The molecule has 0 radical (unpaired) electrons. The maximum Gasteiger partial charge on any atom is 0.283 e. The number of pyridine rings is 1. The number of aromatic nitrogens is 5. The van der Waals surface area contributed by atoms with Gasteiger partial charge in [-0.1, -0.05) is 0 Å². The summed E-state index contributed by atoms with van der Waals surface area (Å²) in [6.07, 6.45) is 5.30. The molecule has 9 nitrogen and oxygen atoms in total. The van der Waals surface area contributed by atoms with Gasteiger partial charge in [-0.3, -0.25) is 9.89 Å². The van der Waals surface area contributed by atoms with Crippen LogP contribution < -0.4 is 15.6 Å². The zero-order valence-electron chi connectivity index (χ0n) is 16.3. The molecule has 0 bridgehead atoms. The highest BCUT2D eigenvalue weighted by molar-refractivity contribution is 6.11. The highest BCUT2D eigenvalue weighted by Crippen LogP contribution is 2.25. The molecule has 0 atom stereocenters. The molecule has 1 aliphatic rings. The fraction of sp³-hybridized carbons (Fsp3) is 0.150. The number of allylic oxidation sites excluding steroid dienone is 5. The molecule has 4 rings (SSSR count). The molecule has 0 unspecified atom stereocenters. The van der Waals surface area contributed by atoms with E-state index in [2.05, 4.69) is 25.6 Å². The second-order valence-corrected chi connectivity index (χ2v) is 6.49. The molecule has 11 heteroatoms. The van der Waals surface area contributed by atoms with Crippen molar-refractivity contribution in [1.82, 2.24) is 30.3 Å². The summed E-state index contributed by atoms with van der Waals surface area (Å²) in [6.45, 7) is -0.813. The maximum absolute atomic E-state index is 13.4. The van der Waals surface area contributed by atoms with Crippen LogP contribution in [0.3, 0.4) is 0 Å². The van der Waals surface area contributed by atoms with Gasteiger partial charge >= 0.3 is 0 Å². The zero-order chi connectivity index (χ0) is 22.0. The van der Waals surface area contributed by atoms with Crippen molar-refractivity contribution < 1.29 is 13.5 Å². The van der Waals surface area contributed by atoms with Gasteiger partial charge < -0.3 is 15.5 Å². The Hall–Kier alpha value is -4.15. The van der Waals surface area contributed by atoms with E-state index in [1.165, 1.54) is 16.9 Å². The number of H-pyrrole nitrogens is 1. The number of hydrogen-bond donors (Lipinski definition) is 3. The molecule has 0 spiro atoms. The van der Waals surface area contributed by atoms with Gasteiger partial charge in [0.05, 0.1) is 22.7 Å². The third kappa shape index (κ3) is 3.97. The van der Waals surface area contributed by atoms with E-state index in [1.807, 2.05) is 0 Å². The van der Waals surface area contributed by atoms with Crippen LogP contribution in [0.5, 0.6) is 5.88 Å². The number of hydrogen-bond acceptors (Lipinski definition) is 7. The monoisotopic (exact) mass is 425 g/mol. The molecular formula is C20H17F2N7O2. The van der Waals surface area contributed by atoms with Gasteiger partial charge in [-0.25, -0.2) is 13.8 Å². The van der Waals surface area contributed by atoms with Crippen molar-refractivity contribution >= 4 is 22.4 Å². The summed E-state index contributed by atoms with van der Waals surface area (Å²) in [4.78, 5) is 17.6. The number of alkyl halides is 2. The Morgan fingerprint density at radius 2 is 2.16 bits per heavy atom. The van der Waals surface area contributed by atoms with Crippen LogP contribution in [0, 0.1) is 5.41 Å². The first-order valence-electron chi connectivity index (χ1n) is 9.19. The number of halogens is 2. The summed E-state index contributed by atoms with van der Waals surface area (Å²) >= 11 is 0. The van der Waals surface area contributed by atoms with E-state index in [9.17, 15) is 13.6 Å². The van der Waals surface area contributed by atoms with E-state index >= 15 is 0 Å². The van der Waals surface area contributed by atoms with Crippen molar-refractivity contribution in [3.63, 3.8) is 0 Å². The number of nitrogens with zero attached hydrogens (tertiary/aromatic N) is 4. The van der Waals surface area contributed by atoms with Gasteiger partial charge in [-0.05, 0) is 30.4 Å². The van der Waals surface area contributed by atoms with E-state index in [1.54, 1.807) is 43.6 Å². The van der Waals surface area contributed by atoms with Crippen LogP contribution >= 0.6 is 0 Å². The summed E-state index contributed by atoms with van der Waals surface area (Å²) in [7, 11) is 1.71. The van der Waals surface area contributed by atoms with Gasteiger partial charge in [0.1, 0.15) is 11.0 Å². The molecule has 3 heterocycles. The summed E-state index contributed by atoms with van der Waals surface area (Å²) in [5.41, 5.74) is 1.91. The van der Waals surface area contributed by atoms with Gasteiger partial charge in [0, 0.05) is 31.1 Å². The minimum absolute atomic E-state index is 0.0445. The van der Waals surface area contributed by atoms with Crippen molar-refractivity contribution in [3.05, 3.63) is 64.8 Å². The standard InChI is InChI=1S/C20H17F2N7O2/c1-24-9-11-8-12(2-3-13(11)23)29-20(30)18(14-6-7-25-27-14)19-15(28-29)4-5-17(26-19)31-10-16(21)22/h2-9,16,23-24H,10H2,1H3,(H,25,27)/b11-9-,23-13?. The highest BCUT2D eigenvalue weighted by atomic mass is 19.3. The molecule has 0 fully saturated rings. The van der Waals surface area contributed by atoms with Crippen molar-refractivity contribution in [2.75, 3.05) is 13.7 Å². The molecule has 0 saturated heterocycles. The Balaban J connectivity index is 1.92. The van der Waals surface area contributed by atoms with E-state index < -0.39 is 18.6 Å². The smallest absolute Gasteiger partial charge is 0.283 e. The first-order valence-corrected chi connectivity index (χ1v) is 9.19. The predicted octanol–water partition coefficient (Wildman–Crippen LogP) is 2.36. The first kappa shape index (κ1) is 20.1. The van der Waals surface area contributed by atoms with Crippen molar-refractivity contribution in [1.29, 1.82) is 5.41 Å². The van der Waals surface area contributed by atoms with Gasteiger partial charge in [-0.2, -0.15) is 14.9 Å². The lowest BCUT2D eigenvalue weighted by Crippen LogP contribution is -2.25. The van der Waals surface area contributed by atoms with Crippen molar-refractivity contribution in [3.8, 4) is 17.1 Å². The molecule has 0 amide bonds. The average Bonchev–Trinajstić information content (AvgIpc) is 3.28. The van der Waals surface area contributed by atoms with Crippen molar-refractivity contribution in [2.24, 2.45) is 0 Å². The number of nitrogens with one attached hydrogen (secondary N) is 3. The third-order valence-corrected chi connectivity index (χ3v) is 4.41. The predicted molar refractivity (Wildman–Crippen MR) is 111 cm³/mol. The number of rotatable bonds is 6. The lowest BCUT2D eigenvalue weighted by molar-refractivity contribution is 0.0798. The minimum Gasteiger partial charge on any atom is -0.472 e. The van der Waals surface area contributed by atoms with Gasteiger partial charge in [0.2, 0.25) is 5.88 Å². The molecule has 0 saturated carbocycles. The van der Waals surface area contributed by atoms with Gasteiger partial charge in [0.25, 0.3) is 12.0 Å². The van der Waals surface area contributed by atoms with Gasteiger partial charge in [-0.15, -0.1) is 0 Å². The van der Waals surface area contributed by atoms with E-state index in [0.717, 1.165) is 0 Å².